The second-order valence-electron chi connectivity index (χ2n) is 6.13. The maximum Gasteiger partial charge on any atom is 0.335 e. The summed E-state index contributed by atoms with van der Waals surface area (Å²) < 4.78 is 0. The summed E-state index contributed by atoms with van der Waals surface area (Å²) in [4.78, 5) is 10.9. The second-order valence-corrected chi connectivity index (χ2v) is 6.13. The monoisotopic (exact) mass is 258 g/mol. The smallest absolute Gasteiger partial charge is 0.335 e. The van der Waals surface area contributed by atoms with Crippen molar-refractivity contribution in [3.05, 3.63) is 47.0 Å². The Morgan fingerprint density at radius 3 is 2.37 bits per heavy atom. The van der Waals surface area contributed by atoms with Crippen LogP contribution in [0.4, 0.5) is 0 Å². The van der Waals surface area contributed by atoms with Gasteiger partial charge in [0.2, 0.25) is 0 Å². The first-order chi connectivity index (χ1) is 8.91. The molecule has 0 aromatic heterocycles. The summed E-state index contributed by atoms with van der Waals surface area (Å²) in [5.41, 5.74) is 3.18. The van der Waals surface area contributed by atoms with E-state index >= 15 is 0 Å². The topological polar surface area (TPSA) is 37.3 Å². The number of aromatic carboxylic acids is 1. The Bertz CT molecular complexity index is 494. The molecule has 0 saturated carbocycles. The van der Waals surface area contributed by atoms with Gasteiger partial charge in [0.05, 0.1) is 5.56 Å². The zero-order chi connectivity index (χ0) is 14.0. The van der Waals surface area contributed by atoms with E-state index in [4.69, 9.17) is 5.11 Å². The number of benzene rings is 1. The van der Waals surface area contributed by atoms with Gasteiger partial charge in [-0.3, -0.25) is 0 Å². The van der Waals surface area contributed by atoms with Gasteiger partial charge in [-0.2, -0.15) is 0 Å². The van der Waals surface area contributed by atoms with Crippen LogP contribution in [0.25, 0.3) is 0 Å². The number of hydrogen-bond acceptors (Lipinski definition) is 1. The average Bonchev–Trinajstić information content (AvgIpc) is 2.39. The van der Waals surface area contributed by atoms with E-state index in [1.807, 2.05) is 12.1 Å². The lowest BCUT2D eigenvalue weighted by Gasteiger charge is -2.37. The van der Waals surface area contributed by atoms with Crippen molar-refractivity contribution in [1.29, 1.82) is 0 Å². The van der Waals surface area contributed by atoms with Crippen LogP contribution in [-0.4, -0.2) is 11.1 Å². The van der Waals surface area contributed by atoms with Gasteiger partial charge >= 0.3 is 5.97 Å². The molecule has 2 nitrogen and oxygen atoms in total. The van der Waals surface area contributed by atoms with Gasteiger partial charge in [-0.05, 0) is 55.2 Å². The lowest BCUT2D eigenvalue weighted by Crippen LogP contribution is -2.29. The molecule has 0 amide bonds. The van der Waals surface area contributed by atoms with Crippen molar-refractivity contribution in [2.24, 2.45) is 5.92 Å². The fourth-order valence-electron chi connectivity index (χ4n) is 2.90. The first kappa shape index (κ1) is 13.9. The SMILES string of the molecule is CC1=CCC(C(C)(C)c2ccc(C(=O)O)cc2)CC1. The predicted molar refractivity (Wildman–Crippen MR) is 77.5 cm³/mol. The zero-order valence-electron chi connectivity index (χ0n) is 11.9. The number of carboxylic acids is 1. The van der Waals surface area contributed by atoms with E-state index in [0.29, 0.717) is 11.5 Å². The largest absolute Gasteiger partial charge is 0.478 e. The van der Waals surface area contributed by atoms with Gasteiger partial charge in [0, 0.05) is 0 Å². The van der Waals surface area contributed by atoms with Crippen molar-refractivity contribution in [2.75, 3.05) is 0 Å². The average molecular weight is 258 g/mol. The van der Waals surface area contributed by atoms with Gasteiger partial charge in [0.15, 0.2) is 0 Å². The Labute approximate surface area is 115 Å². The third-order valence-electron chi connectivity index (χ3n) is 4.53. The first-order valence-corrected chi connectivity index (χ1v) is 6.90. The normalized spacial score (nSPS) is 19.9. The molecule has 0 radical (unpaired) electrons. The lowest BCUT2D eigenvalue weighted by atomic mass is 9.68. The van der Waals surface area contributed by atoms with E-state index < -0.39 is 5.97 Å². The minimum atomic E-state index is -0.861. The van der Waals surface area contributed by atoms with Crippen molar-refractivity contribution in [2.45, 2.75) is 45.4 Å². The number of carbonyl (C=O) groups is 1. The molecule has 1 aromatic carbocycles. The van der Waals surface area contributed by atoms with Gasteiger partial charge in [0.25, 0.3) is 0 Å². The Balaban J connectivity index is 2.21. The summed E-state index contributed by atoms with van der Waals surface area (Å²) in [5.74, 6) is -0.229. The van der Waals surface area contributed by atoms with Crippen LogP contribution in [-0.2, 0) is 5.41 Å². The third-order valence-corrected chi connectivity index (χ3v) is 4.53. The summed E-state index contributed by atoms with van der Waals surface area (Å²) in [6, 6.07) is 7.36. The van der Waals surface area contributed by atoms with Crippen molar-refractivity contribution < 1.29 is 9.90 Å². The highest BCUT2D eigenvalue weighted by Crippen LogP contribution is 2.40. The molecule has 102 valence electrons. The van der Waals surface area contributed by atoms with E-state index in [2.05, 4.69) is 26.8 Å². The molecule has 1 aliphatic rings. The van der Waals surface area contributed by atoms with E-state index in [1.54, 1.807) is 12.1 Å². The highest BCUT2D eigenvalue weighted by atomic mass is 16.4. The quantitative estimate of drug-likeness (QED) is 0.815. The molecule has 1 unspecified atom stereocenters. The number of allylic oxidation sites excluding steroid dienone is 2. The first-order valence-electron chi connectivity index (χ1n) is 6.90. The molecule has 0 bridgehead atoms. The van der Waals surface area contributed by atoms with Crippen LogP contribution < -0.4 is 0 Å². The molecule has 2 heteroatoms. The molecule has 0 saturated heterocycles. The Kier molecular flexibility index (Phi) is 3.79. The van der Waals surface area contributed by atoms with Crippen molar-refractivity contribution in [3.63, 3.8) is 0 Å². The minimum Gasteiger partial charge on any atom is -0.478 e. The van der Waals surface area contributed by atoms with E-state index in [9.17, 15) is 4.79 Å². The summed E-state index contributed by atoms with van der Waals surface area (Å²) in [7, 11) is 0. The molecular formula is C17H22O2. The molecule has 0 spiro atoms. The van der Waals surface area contributed by atoms with Gasteiger partial charge in [0.1, 0.15) is 0 Å². The Morgan fingerprint density at radius 1 is 1.26 bits per heavy atom. The van der Waals surface area contributed by atoms with Crippen LogP contribution in [0.15, 0.2) is 35.9 Å². The van der Waals surface area contributed by atoms with Gasteiger partial charge in [-0.15, -0.1) is 0 Å². The van der Waals surface area contributed by atoms with E-state index in [0.717, 1.165) is 6.42 Å². The molecule has 1 aromatic rings. The molecule has 1 atom stereocenters. The minimum absolute atomic E-state index is 0.0915. The second kappa shape index (κ2) is 5.20. The number of rotatable bonds is 3. The van der Waals surface area contributed by atoms with Crippen molar-refractivity contribution >= 4 is 5.97 Å². The molecule has 0 heterocycles. The molecule has 2 rings (SSSR count). The highest BCUT2D eigenvalue weighted by molar-refractivity contribution is 5.87. The maximum absolute atomic E-state index is 10.9. The number of hydrogen-bond donors (Lipinski definition) is 1. The van der Waals surface area contributed by atoms with Crippen LogP contribution in [0, 0.1) is 5.92 Å². The summed E-state index contributed by atoms with van der Waals surface area (Å²) in [5, 5.41) is 8.95. The summed E-state index contributed by atoms with van der Waals surface area (Å²) in [6.45, 7) is 6.73. The highest BCUT2D eigenvalue weighted by Gasteiger charge is 2.31. The van der Waals surface area contributed by atoms with E-state index in [-0.39, 0.29) is 5.41 Å². The van der Waals surface area contributed by atoms with Crippen LogP contribution >= 0.6 is 0 Å². The zero-order valence-corrected chi connectivity index (χ0v) is 11.9. The molecule has 0 fully saturated rings. The van der Waals surface area contributed by atoms with Gasteiger partial charge in [-0.1, -0.05) is 37.6 Å². The Hall–Kier alpha value is -1.57. The van der Waals surface area contributed by atoms with Crippen molar-refractivity contribution in [1.82, 2.24) is 0 Å². The fourth-order valence-corrected chi connectivity index (χ4v) is 2.90. The summed E-state index contributed by atoms with van der Waals surface area (Å²) >= 11 is 0. The van der Waals surface area contributed by atoms with Crippen molar-refractivity contribution in [3.8, 4) is 0 Å². The Morgan fingerprint density at radius 2 is 1.89 bits per heavy atom. The number of carboxylic acid groups (broad SMARTS) is 1. The molecular weight excluding hydrogens is 236 g/mol. The maximum atomic E-state index is 10.9. The van der Waals surface area contributed by atoms with Crippen LogP contribution in [0.3, 0.4) is 0 Å². The third kappa shape index (κ3) is 2.89. The predicted octanol–water partition coefficient (Wildman–Crippen LogP) is 4.41. The molecule has 0 aliphatic heterocycles. The van der Waals surface area contributed by atoms with Gasteiger partial charge in [-0.25, -0.2) is 4.79 Å². The lowest BCUT2D eigenvalue weighted by molar-refractivity contribution is 0.0697. The molecule has 1 N–H and O–H groups in total. The van der Waals surface area contributed by atoms with E-state index in [1.165, 1.54) is 24.0 Å². The molecule has 1 aliphatic carbocycles. The van der Waals surface area contributed by atoms with Crippen LogP contribution in [0.1, 0.15) is 56.0 Å². The summed E-state index contributed by atoms with van der Waals surface area (Å²) in [6.07, 6.45) is 5.87. The van der Waals surface area contributed by atoms with Crippen LogP contribution in [0.5, 0.6) is 0 Å². The van der Waals surface area contributed by atoms with Crippen LogP contribution in [0.2, 0.25) is 0 Å². The molecule has 19 heavy (non-hydrogen) atoms. The fraction of sp³-hybridized carbons (Fsp3) is 0.471. The standard InChI is InChI=1S/C17H22O2/c1-12-4-8-14(9-5-12)17(2,3)15-10-6-13(7-11-15)16(18)19/h4,6-7,10-11,14H,5,8-9H2,1-3H3,(H,18,19). The van der Waals surface area contributed by atoms with Gasteiger partial charge < -0.3 is 5.11 Å².